The minimum atomic E-state index is -4.05. The predicted octanol–water partition coefficient (Wildman–Crippen LogP) is 10.4. The molecule has 346 valence electrons. The number of carbonyl (C=O) groups excluding carboxylic acids is 4. The van der Waals surface area contributed by atoms with Crippen LogP contribution in [0.5, 0.6) is 23.0 Å². The Morgan fingerprint density at radius 1 is 0.587 bits per heavy atom. The van der Waals surface area contributed by atoms with E-state index in [4.69, 9.17) is 63.8 Å². The maximum absolute atomic E-state index is 13.8. The lowest BCUT2D eigenvalue weighted by atomic mass is 10.1. The largest absolute Gasteiger partial charge is 0.427 e. The van der Waals surface area contributed by atoms with Crippen LogP contribution in [0.4, 0.5) is 0 Å². The molecule has 0 bridgehead atoms. The van der Waals surface area contributed by atoms with E-state index in [0.29, 0.717) is 0 Å². The molecular formula is C33H46N6O18P6. The van der Waals surface area contributed by atoms with Crippen molar-refractivity contribution in [3.63, 3.8) is 0 Å². The molecule has 4 rings (SSSR count). The van der Waals surface area contributed by atoms with Crippen molar-refractivity contribution < 1.29 is 82.9 Å². The van der Waals surface area contributed by atoms with E-state index >= 15 is 0 Å². The van der Waals surface area contributed by atoms with E-state index in [9.17, 15) is 19.2 Å². The first-order valence-corrected chi connectivity index (χ1v) is 26.4. The monoisotopic (exact) mass is 1000 g/mol. The van der Waals surface area contributed by atoms with Crippen molar-refractivity contribution in [3.8, 4) is 23.0 Å². The number of nitrogens with zero attached hydrogens (tertiary/aromatic N) is 5. The third kappa shape index (κ3) is 13.7. The number of carbonyl (C=O) groups is 4. The fourth-order valence-electron chi connectivity index (χ4n) is 4.64. The van der Waals surface area contributed by atoms with Gasteiger partial charge < -0.3 is 63.8 Å². The third-order valence-corrected chi connectivity index (χ3v) is 22.2. The molecule has 0 aliphatic carbocycles. The number of rotatable bonds is 21. The van der Waals surface area contributed by atoms with Crippen LogP contribution < -0.4 is 23.4 Å². The van der Waals surface area contributed by atoms with Gasteiger partial charge in [0, 0.05) is 77.8 Å². The van der Waals surface area contributed by atoms with Crippen molar-refractivity contribution in [1.29, 1.82) is 0 Å². The summed E-state index contributed by atoms with van der Waals surface area (Å²) in [6.07, 6.45) is 0. The van der Waals surface area contributed by atoms with Crippen LogP contribution in [0.3, 0.4) is 0 Å². The normalized spacial score (nSPS) is 19.6. The fraction of sp³-hybridized carbons (Fsp3) is 0.333. The molecule has 0 aromatic heterocycles. The molecule has 4 atom stereocenters. The number of hydrogen-bond donors (Lipinski definition) is 1. The molecule has 0 amide bonds. The number of esters is 2. The molecule has 3 aromatic rings. The molecule has 24 nitrogen and oxygen atoms in total. The summed E-state index contributed by atoms with van der Waals surface area (Å²) in [5, 5.41) is 0. The summed E-state index contributed by atoms with van der Waals surface area (Å²) in [7, 11) is -9.59. The zero-order chi connectivity index (χ0) is 46.5. The molecule has 0 radical (unpaired) electrons. The van der Waals surface area contributed by atoms with Gasteiger partial charge in [-0.15, -0.1) is 18.1 Å². The van der Waals surface area contributed by atoms with Crippen molar-refractivity contribution in [2.75, 3.05) is 63.9 Å². The van der Waals surface area contributed by atoms with Crippen molar-refractivity contribution in [3.05, 3.63) is 83.9 Å². The van der Waals surface area contributed by atoms with E-state index in [1.807, 2.05) is 0 Å². The van der Waals surface area contributed by atoms with E-state index in [1.54, 1.807) is 0 Å². The highest BCUT2D eigenvalue weighted by molar-refractivity contribution is 7.78. The molecule has 0 saturated heterocycles. The molecule has 1 aliphatic rings. The number of nitrogens with one attached hydrogen (secondary N) is 1. The Balaban J connectivity index is 1.68. The van der Waals surface area contributed by atoms with Crippen LogP contribution in [0.15, 0.2) is 95.6 Å². The SMILES string of the molecule is CN=P(N=P(NP(OC)OC)(OC)OC(=O)c1ccc(C(=O)OP2(OC)=NP(OC)(Oc3ccc(OC(C)=O)cc3)=NP(OC)(OC)=N2)cc1)(OC)Oc1ccc(OC(C)=O)cc1. The van der Waals surface area contributed by atoms with Crippen LogP contribution in [-0.2, 0) is 54.8 Å². The van der Waals surface area contributed by atoms with Gasteiger partial charge in [0.2, 0.25) is 0 Å². The quantitative estimate of drug-likeness (QED) is 0.0590. The van der Waals surface area contributed by atoms with Gasteiger partial charge in [0.25, 0.3) is 8.53 Å². The van der Waals surface area contributed by atoms with Crippen LogP contribution in [0.2, 0.25) is 0 Å². The Kier molecular flexibility index (Phi) is 19.0. The van der Waals surface area contributed by atoms with Gasteiger partial charge in [-0.25, -0.2) is 14.3 Å². The van der Waals surface area contributed by atoms with Gasteiger partial charge in [-0.3, -0.25) is 9.59 Å². The van der Waals surface area contributed by atoms with Crippen LogP contribution >= 0.6 is 46.8 Å². The van der Waals surface area contributed by atoms with Crippen molar-refractivity contribution in [1.82, 2.24) is 4.86 Å². The third-order valence-electron chi connectivity index (χ3n) is 7.52. The van der Waals surface area contributed by atoms with Gasteiger partial charge in [0.05, 0.1) is 11.1 Å². The highest BCUT2D eigenvalue weighted by Crippen LogP contribution is 2.79. The van der Waals surface area contributed by atoms with Crippen molar-refractivity contribution in [2.24, 2.45) is 22.8 Å². The lowest BCUT2D eigenvalue weighted by Gasteiger charge is -2.30. The number of hydrogen-bond acceptors (Lipinski definition) is 22. The summed E-state index contributed by atoms with van der Waals surface area (Å²) in [6.45, 7) is 2.52. The molecule has 1 N–H and O–H groups in total. The molecule has 0 fully saturated rings. The zero-order valence-electron chi connectivity index (χ0n) is 35.7. The second-order valence-corrected chi connectivity index (χ2v) is 24.7. The molecule has 0 saturated carbocycles. The molecule has 4 unspecified atom stereocenters. The van der Waals surface area contributed by atoms with Crippen molar-refractivity contribution >= 4 is 70.7 Å². The summed E-state index contributed by atoms with van der Waals surface area (Å²) in [5.41, 5.74) is -0.137. The second kappa shape index (κ2) is 23.0. The molecule has 30 heteroatoms. The average Bonchev–Trinajstić information content (AvgIpc) is 3.28. The lowest BCUT2D eigenvalue weighted by Crippen LogP contribution is -2.15. The number of benzene rings is 3. The zero-order valence-corrected chi connectivity index (χ0v) is 41.1. The second-order valence-electron chi connectivity index (χ2n) is 11.5. The van der Waals surface area contributed by atoms with Crippen LogP contribution in [-0.4, -0.2) is 87.8 Å². The Morgan fingerprint density at radius 3 is 1.46 bits per heavy atom. The minimum absolute atomic E-state index is 0.0656. The summed E-state index contributed by atoms with van der Waals surface area (Å²) in [5.74, 6) is -2.07. The van der Waals surface area contributed by atoms with Gasteiger partial charge in [-0.05, 0) is 72.8 Å². The summed E-state index contributed by atoms with van der Waals surface area (Å²) in [6, 6.07) is 17.0. The van der Waals surface area contributed by atoms with E-state index in [2.05, 4.69) is 27.7 Å². The summed E-state index contributed by atoms with van der Waals surface area (Å²) >= 11 is 0. The number of ether oxygens (including phenoxy) is 2. The van der Waals surface area contributed by atoms with E-state index in [0.717, 1.165) is 0 Å². The molecule has 1 heterocycles. The van der Waals surface area contributed by atoms with E-state index < -0.39 is 70.7 Å². The summed E-state index contributed by atoms with van der Waals surface area (Å²) in [4.78, 5) is 53.3. The molecule has 1 aliphatic heterocycles. The first kappa shape index (κ1) is 52.0. The predicted molar refractivity (Wildman–Crippen MR) is 233 cm³/mol. The first-order valence-electron chi connectivity index (χ1n) is 17.6. The topological polar surface area (TPSA) is 271 Å². The minimum Gasteiger partial charge on any atom is -0.427 e. The van der Waals surface area contributed by atoms with Gasteiger partial charge in [-0.1, -0.05) is 0 Å². The van der Waals surface area contributed by atoms with Crippen LogP contribution in [0.25, 0.3) is 0 Å². The summed E-state index contributed by atoms with van der Waals surface area (Å²) < 4.78 is 101. The van der Waals surface area contributed by atoms with Gasteiger partial charge in [-0.2, -0.15) is 4.86 Å². The average molecular weight is 1000 g/mol. The molecule has 63 heavy (non-hydrogen) atoms. The first-order chi connectivity index (χ1) is 30.0. The lowest BCUT2D eigenvalue weighted by molar-refractivity contribution is -0.132. The maximum atomic E-state index is 13.8. The van der Waals surface area contributed by atoms with Crippen LogP contribution in [0, 0.1) is 0 Å². The Morgan fingerprint density at radius 2 is 1.03 bits per heavy atom. The highest BCUT2D eigenvalue weighted by Gasteiger charge is 2.44. The maximum Gasteiger partial charge on any atom is 0.405 e. The molecular weight excluding hydrogens is 954 g/mol. The molecule has 3 aromatic carbocycles. The van der Waals surface area contributed by atoms with Crippen LogP contribution in [0.1, 0.15) is 34.6 Å². The fourth-order valence-corrected chi connectivity index (χ4v) is 19.5. The highest BCUT2D eigenvalue weighted by atomic mass is 31.3. The van der Waals surface area contributed by atoms with Gasteiger partial charge >= 0.3 is 62.2 Å². The van der Waals surface area contributed by atoms with Gasteiger partial charge in [0.15, 0.2) is 0 Å². The Labute approximate surface area is 365 Å². The van der Waals surface area contributed by atoms with Crippen molar-refractivity contribution in [2.45, 2.75) is 13.8 Å². The standard InChI is InChI=1S/C33H46N6O18P6/c1-24(40)52-28-16-20-30(21-17-28)54-59(34-3,46-6)36-60(47-7,35-58(44-4)45-5)56-32(42)26-12-14-27(15-13-26)33(43)57-63(51-11)38-61(48-8,49-9)37-62(39-63,50-10)55-31-22-18-29(19-23-31)53-25(2)41/h12-23,35H,1-11H3. The molecule has 0 spiro atoms. The Hall–Kier alpha value is -3.64. The smallest absolute Gasteiger partial charge is 0.405 e. The van der Waals surface area contributed by atoms with Gasteiger partial charge in [0.1, 0.15) is 23.0 Å². The van der Waals surface area contributed by atoms with E-state index in [1.165, 1.54) is 151 Å². The van der Waals surface area contributed by atoms with E-state index in [-0.39, 0.29) is 34.1 Å². The Bertz CT molecular complexity index is 2410.